The van der Waals surface area contributed by atoms with E-state index in [1.807, 2.05) is 42.5 Å². The maximum atomic E-state index is 5.85. The highest BCUT2D eigenvalue weighted by Crippen LogP contribution is 2.28. The monoisotopic (exact) mass is 300 g/mol. The van der Waals surface area contributed by atoms with Crippen LogP contribution < -0.4 is 20.5 Å². The third-order valence-electron chi connectivity index (χ3n) is 3.35. The molecule has 0 atom stereocenters. The molecule has 0 saturated carbocycles. The Morgan fingerprint density at radius 1 is 1.00 bits per heavy atom. The van der Waals surface area contributed by atoms with Crippen LogP contribution in [-0.2, 0) is 13.2 Å². The van der Waals surface area contributed by atoms with Crippen LogP contribution in [-0.4, -0.2) is 20.2 Å². The number of ether oxygens (including phenoxy) is 2. The first-order valence-electron chi connectivity index (χ1n) is 7.58. The van der Waals surface area contributed by atoms with E-state index in [2.05, 4.69) is 11.4 Å². The number of hydrogen-bond donors (Lipinski definition) is 2. The Bertz CT molecular complexity index is 558. The minimum absolute atomic E-state index is 0.533. The number of nitrogens with two attached hydrogens (primary N) is 1. The standard InChI is InChI=1S/C18H24N2O2/c1-21-18-12-16(13-20-11-5-10-19)8-9-17(18)22-14-15-6-3-2-4-7-15/h2-4,6-9,12,20H,5,10-11,13-14,19H2,1H3. The van der Waals surface area contributed by atoms with E-state index >= 15 is 0 Å². The zero-order valence-electron chi connectivity index (χ0n) is 13.0. The minimum Gasteiger partial charge on any atom is -0.493 e. The molecule has 22 heavy (non-hydrogen) atoms. The van der Waals surface area contributed by atoms with E-state index in [0.29, 0.717) is 13.2 Å². The Hall–Kier alpha value is -2.04. The molecule has 0 bridgehead atoms. The second kappa shape index (κ2) is 9.07. The fourth-order valence-electron chi connectivity index (χ4n) is 2.14. The predicted molar refractivity (Wildman–Crippen MR) is 89.1 cm³/mol. The van der Waals surface area contributed by atoms with Crippen LogP contribution >= 0.6 is 0 Å². The van der Waals surface area contributed by atoms with Crippen LogP contribution in [0.1, 0.15) is 17.5 Å². The van der Waals surface area contributed by atoms with E-state index in [9.17, 15) is 0 Å². The molecule has 2 aromatic rings. The van der Waals surface area contributed by atoms with Crippen LogP contribution in [0, 0.1) is 0 Å². The molecule has 3 N–H and O–H groups in total. The van der Waals surface area contributed by atoms with Gasteiger partial charge < -0.3 is 20.5 Å². The number of methoxy groups -OCH3 is 1. The van der Waals surface area contributed by atoms with Gasteiger partial charge in [0.2, 0.25) is 0 Å². The van der Waals surface area contributed by atoms with Crippen molar-refractivity contribution in [3.8, 4) is 11.5 Å². The molecule has 0 saturated heterocycles. The molecule has 4 nitrogen and oxygen atoms in total. The predicted octanol–water partition coefficient (Wildman–Crippen LogP) is 2.71. The van der Waals surface area contributed by atoms with Crippen molar-refractivity contribution in [2.24, 2.45) is 5.73 Å². The highest BCUT2D eigenvalue weighted by molar-refractivity contribution is 5.43. The Labute approximate surface area is 132 Å². The lowest BCUT2D eigenvalue weighted by atomic mass is 10.2. The van der Waals surface area contributed by atoms with E-state index in [4.69, 9.17) is 15.2 Å². The highest BCUT2D eigenvalue weighted by atomic mass is 16.5. The molecule has 0 aliphatic heterocycles. The maximum Gasteiger partial charge on any atom is 0.161 e. The largest absolute Gasteiger partial charge is 0.493 e. The van der Waals surface area contributed by atoms with E-state index < -0.39 is 0 Å². The van der Waals surface area contributed by atoms with Gasteiger partial charge in [0.25, 0.3) is 0 Å². The number of rotatable bonds is 9. The van der Waals surface area contributed by atoms with Crippen molar-refractivity contribution in [2.75, 3.05) is 20.2 Å². The molecule has 4 heteroatoms. The second-order valence-corrected chi connectivity index (χ2v) is 5.08. The third kappa shape index (κ3) is 5.06. The van der Waals surface area contributed by atoms with Crippen molar-refractivity contribution in [2.45, 2.75) is 19.6 Å². The van der Waals surface area contributed by atoms with Crippen LogP contribution in [0.2, 0.25) is 0 Å². The molecule has 0 aliphatic rings. The van der Waals surface area contributed by atoms with Gasteiger partial charge in [0, 0.05) is 6.54 Å². The van der Waals surface area contributed by atoms with Crippen LogP contribution in [0.15, 0.2) is 48.5 Å². The lowest BCUT2D eigenvalue weighted by Crippen LogP contribution is -2.17. The van der Waals surface area contributed by atoms with Gasteiger partial charge in [0.05, 0.1) is 7.11 Å². The van der Waals surface area contributed by atoms with Gasteiger partial charge in [-0.3, -0.25) is 0 Å². The first kappa shape index (κ1) is 16.3. The van der Waals surface area contributed by atoms with Gasteiger partial charge in [-0.25, -0.2) is 0 Å². The van der Waals surface area contributed by atoms with Crippen LogP contribution in [0.4, 0.5) is 0 Å². The summed E-state index contributed by atoms with van der Waals surface area (Å²) in [5, 5.41) is 3.35. The molecule has 0 unspecified atom stereocenters. The van der Waals surface area contributed by atoms with Crippen LogP contribution in [0.25, 0.3) is 0 Å². The molecule has 0 fully saturated rings. The minimum atomic E-state index is 0.533. The summed E-state index contributed by atoms with van der Waals surface area (Å²) >= 11 is 0. The summed E-state index contributed by atoms with van der Waals surface area (Å²) in [7, 11) is 1.66. The van der Waals surface area contributed by atoms with Crippen molar-refractivity contribution >= 4 is 0 Å². The normalized spacial score (nSPS) is 10.5. The van der Waals surface area contributed by atoms with Crippen molar-refractivity contribution in [3.05, 3.63) is 59.7 Å². The fourth-order valence-corrected chi connectivity index (χ4v) is 2.14. The summed E-state index contributed by atoms with van der Waals surface area (Å²) in [5.41, 5.74) is 7.78. The average Bonchev–Trinajstić information content (AvgIpc) is 2.58. The van der Waals surface area contributed by atoms with Crippen LogP contribution in [0.3, 0.4) is 0 Å². The second-order valence-electron chi connectivity index (χ2n) is 5.08. The van der Waals surface area contributed by atoms with Gasteiger partial charge >= 0.3 is 0 Å². The van der Waals surface area contributed by atoms with Crippen molar-refractivity contribution < 1.29 is 9.47 Å². The zero-order chi connectivity index (χ0) is 15.6. The summed E-state index contributed by atoms with van der Waals surface area (Å²) in [6, 6.07) is 16.1. The molecule has 0 spiro atoms. The lowest BCUT2D eigenvalue weighted by molar-refractivity contribution is 0.284. The molecular formula is C18H24N2O2. The summed E-state index contributed by atoms with van der Waals surface area (Å²) in [5.74, 6) is 1.52. The Kier molecular flexibility index (Phi) is 6.74. The summed E-state index contributed by atoms with van der Waals surface area (Å²) < 4.78 is 11.3. The van der Waals surface area contributed by atoms with Gasteiger partial charge in [0.15, 0.2) is 11.5 Å². The zero-order valence-corrected chi connectivity index (χ0v) is 13.0. The summed E-state index contributed by atoms with van der Waals surface area (Å²) in [4.78, 5) is 0. The molecule has 0 aromatic heterocycles. The molecule has 0 aliphatic carbocycles. The third-order valence-corrected chi connectivity index (χ3v) is 3.35. The van der Waals surface area contributed by atoms with Gasteiger partial charge in [-0.2, -0.15) is 0 Å². The van der Waals surface area contributed by atoms with E-state index in [1.165, 1.54) is 5.56 Å². The molecule has 2 aromatic carbocycles. The topological polar surface area (TPSA) is 56.5 Å². The van der Waals surface area contributed by atoms with E-state index in [-0.39, 0.29) is 0 Å². The van der Waals surface area contributed by atoms with Gasteiger partial charge in [-0.1, -0.05) is 36.4 Å². The van der Waals surface area contributed by atoms with E-state index in [1.54, 1.807) is 7.11 Å². The van der Waals surface area contributed by atoms with Gasteiger partial charge in [-0.15, -0.1) is 0 Å². The Balaban J connectivity index is 1.93. The summed E-state index contributed by atoms with van der Waals surface area (Å²) in [6.45, 7) is 2.97. The quantitative estimate of drug-likeness (QED) is 0.699. The SMILES string of the molecule is COc1cc(CNCCCN)ccc1OCc1ccccc1. The maximum absolute atomic E-state index is 5.85. The molecular weight excluding hydrogens is 276 g/mol. The number of nitrogens with one attached hydrogen (secondary N) is 1. The molecule has 2 rings (SSSR count). The number of hydrogen-bond acceptors (Lipinski definition) is 4. The molecule has 118 valence electrons. The van der Waals surface area contributed by atoms with Crippen molar-refractivity contribution in [1.82, 2.24) is 5.32 Å². The molecule has 0 radical (unpaired) electrons. The van der Waals surface area contributed by atoms with Gasteiger partial charge in [0.1, 0.15) is 6.61 Å². The van der Waals surface area contributed by atoms with Crippen molar-refractivity contribution in [1.29, 1.82) is 0 Å². The lowest BCUT2D eigenvalue weighted by Gasteiger charge is -2.12. The highest BCUT2D eigenvalue weighted by Gasteiger charge is 2.06. The average molecular weight is 300 g/mol. The van der Waals surface area contributed by atoms with Crippen LogP contribution in [0.5, 0.6) is 11.5 Å². The summed E-state index contributed by atoms with van der Waals surface area (Å²) in [6.07, 6.45) is 0.982. The van der Waals surface area contributed by atoms with Gasteiger partial charge in [-0.05, 0) is 42.8 Å². The fraction of sp³-hybridized carbons (Fsp3) is 0.333. The first-order valence-corrected chi connectivity index (χ1v) is 7.58. The molecule has 0 heterocycles. The Morgan fingerprint density at radius 2 is 1.82 bits per heavy atom. The molecule has 0 amide bonds. The van der Waals surface area contributed by atoms with Crippen molar-refractivity contribution in [3.63, 3.8) is 0 Å². The number of benzene rings is 2. The smallest absolute Gasteiger partial charge is 0.161 e. The Morgan fingerprint density at radius 3 is 2.55 bits per heavy atom. The van der Waals surface area contributed by atoms with E-state index in [0.717, 1.165) is 36.6 Å². The first-order chi connectivity index (χ1) is 10.8.